The Bertz CT molecular complexity index is 1180. The minimum atomic E-state index is -1.49. The Morgan fingerprint density at radius 3 is 2.94 bits per heavy atom. The van der Waals surface area contributed by atoms with Gasteiger partial charge in [0, 0.05) is 50.0 Å². The normalized spacial score (nSPS) is 18.6. The number of carbonyl (C=O) groups is 1. The van der Waals surface area contributed by atoms with Crippen LogP contribution in [0.4, 0.5) is 15.0 Å². The van der Waals surface area contributed by atoms with Crippen molar-refractivity contribution in [3.8, 4) is 11.3 Å². The number of nitrogens with one attached hydrogen (secondary N) is 1. The highest BCUT2D eigenvalue weighted by atomic mass is 19.1. The zero-order valence-electron chi connectivity index (χ0n) is 20.8. The number of hydrogen-bond donors (Lipinski definition) is 1. The van der Waals surface area contributed by atoms with Gasteiger partial charge in [0.05, 0.1) is 24.0 Å². The van der Waals surface area contributed by atoms with Crippen LogP contribution in [0.3, 0.4) is 0 Å². The van der Waals surface area contributed by atoms with E-state index in [1.54, 1.807) is 24.2 Å². The molecule has 1 N–H and O–H groups in total. The van der Waals surface area contributed by atoms with E-state index in [1.165, 1.54) is 4.90 Å². The molecule has 1 atom stereocenters. The number of hydrogen-bond acceptors (Lipinski definition) is 7. The van der Waals surface area contributed by atoms with Crippen LogP contribution in [-0.2, 0) is 16.2 Å². The summed E-state index contributed by atoms with van der Waals surface area (Å²) in [4.78, 5) is 23.2. The van der Waals surface area contributed by atoms with Gasteiger partial charge in [0.15, 0.2) is 0 Å². The molecular formula is C25H33FN6O3. The molecule has 1 aliphatic heterocycles. The molecule has 188 valence electrons. The second-order valence-electron chi connectivity index (χ2n) is 9.95. The number of fused-ring (bicyclic) bond motifs is 1. The average molecular weight is 485 g/mol. The van der Waals surface area contributed by atoms with Crippen molar-refractivity contribution >= 4 is 22.8 Å². The molecule has 4 heterocycles. The minimum Gasteiger partial charge on any atom is -0.444 e. The minimum absolute atomic E-state index is 0.0258. The number of alkyl halides is 1. The first-order chi connectivity index (χ1) is 16.7. The maximum atomic E-state index is 15.7. The lowest BCUT2D eigenvalue weighted by Crippen LogP contribution is -2.50. The van der Waals surface area contributed by atoms with Crippen LogP contribution in [0.25, 0.3) is 22.2 Å². The van der Waals surface area contributed by atoms with Gasteiger partial charge < -0.3 is 19.7 Å². The van der Waals surface area contributed by atoms with E-state index < -0.39 is 17.4 Å². The number of methoxy groups -OCH3 is 1. The number of nitrogens with zero attached hydrogens (tertiary/aromatic N) is 5. The first-order valence-corrected chi connectivity index (χ1v) is 11.8. The van der Waals surface area contributed by atoms with Crippen LogP contribution in [-0.4, -0.2) is 68.8 Å². The lowest BCUT2D eigenvalue weighted by molar-refractivity contribution is -0.00663. The molecule has 1 fully saturated rings. The fourth-order valence-electron chi connectivity index (χ4n) is 4.23. The Hall–Kier alpha value is -3.27. The molecule has 0 saturated carbocycles. The van der Waals surface area contributed by atoms with Gasteiger partial charge in [0.1, 0.15) is 23.8 Å². The number of anilines is 1. The Labute approximate surface area is 204 Å². The summed E-state index contributed by atoms with van der Waals surface area (Å²) < 4.78 is 27.9. The number of carbonyl (C=O) groups excluding carboxylic acids is 1. The standard InChI is InChI=1S/C25H33FN6O3/c1-24(2,3)35-23(33)31-12-6-8-25(26,16-31)9-11-28-22-19-7-5-10-27-21(19)13-20(30-22)18-14-29-32(15-18)17-34-4/h5,7,10,13-15H,6,8-9,11-12,16-17H2,1-4H3,(H,28,30)/t25-/m1/s1. The largest absolute Gasteiger partial charge is 0.444 e. The van der Waals surface area contributed by atoms with E-state index in [-0.39, 0.29) is 13.0 Å². The predicted molar refractivity (Wildman–Crippen MR) is 132 cm³/mol. The predicted octanol–water partition coefficient (Wildman–Crippen LogP) is 4.64. The summed E-state index contributed by atoms with van der Waals surface area (Å²) in [6, 6.07) is 5.69. The maximum Gasteiger partial charge on any atom is 0.410 e. The van der Waals surface area contributed by atoms with Gasteiger partial charge in [-0.25, -0.2) is 18.9 Å². The fraction of sp³-hybridized carbons (Fsp3) is 0.520. The number of aromatic nitrogens is 4. The van der Waals surface area contributed by atoms with Gasteiger partial charge in [-0.05, 0) is 51.8 Å². The highest BCUT2D eigenvalue weighted by molar-refractivity contribution is 5.91. The zero-order chi connectivity index (χ0) is 25.1. The van der Waals surface area contributed by atoms with E-state index in [4.69, 9.17) is 14.5 Å². The summed E-state index contributed by atoms with van der Waals surface area (Å²) in [6.45, 7) is 6.67. The fourth-order valence-corrected chi connectivity index (χ4v) is 4.23. The second kappa shape index (κ2) is 10.2. The summed E-state index contributed by atoms with van der Waals surface area (Å²) in [5.41, 5.74) is 0.226. The van der Waals surface area contributed by atoms with Crippen molar-refractivity contribution in [2.45, 2.75) is 58.0 Å². The van der Waals surface area contributed by atoms with E-state index in [1.807, 2.05) is 45.2 Å². The first kappa shape index (κ1) is 24.8. The second-order valence-corrected chi connectivity index (χ2v) is 9.95. The van der Waals surface area contributed by atoms with Crippen LogP contribution in [0.2, 0.25) is 0 Å². The van der Waals surface area contributed by atoms with E-state index in [0.29, 0.717) is 44.2 Å². The van der Waals surface area contributed by atoms with Crippen molar-refractivity contribution in [2.24, 2.45) is 0 Å². The lowest BCUT2D eigenvalue weighted by atomic mass is 9.91. The van der Waals surface area contributed by atoms with E-state index in [9.17, 15) is 4.79 Å². The van der Waals surface area contributed by atoms with Crippen molar-refractivity contribution in [3.63, 3.8) is 0 Å². The lowest BCUT2D eigenvalue weighted by Gasteiger charge is -2.38. The van der Waals surface area contributed by atoms with Crippen molar-refractivity contribution in [2.75, 3.05) is 32.1 Å². The van der Waals surface area contributed by atoms with Gasteiger partial charge in [0.2, 0.25) is 0 Å². The first-order valence-electron chi connectivity index (χ1n) is 11.8. The molecular weight excluding hydrogens is 451 g/mol. The van der Waals surface area contributed by atoms with Gasteiger partial charge in [-0.3, -0.25) is 4.98 Å². The summed E-state index contributed by atoms with van der Waals surface area (Å²) in [6.07, 6.45) is 6.09. The Kier molecular flexibility index (Phi) is 7.20. The molecule has 3 aromatic heterocycles. The third-order valence-corrected chi connectivity index (χ3v) is 5.83. The Morgan fingerprint density at radius 1 is 1.34 bits per heavy atom. The monoisotopic (exact) mass is 484 g/mol. The van der Waals surface area contributed by atoms with Crippen molar-refractivity contribution < 1.29 is 18.7 Å². The summed E-state index contributed by atoms with van der Waals surface area (Å²) >= 11 is 0. The maximum absolute atomic E-state index is 15.7. The van der Waals surface area contributed by atoms with Gasteiger partial charge in [-0.15, -0.1) is 0 Å². The van der Waals surface area contributed by atoms with E-state index in [0.717, 1.165) is 16.5 Å². The van der Waals surface area contributed by atoms with Crippen LogP contribution < -0.4 is 5.32 Å². The Morgan fingerprint density at radius 2 is 2.17 bits per heavy atom. The van der Waals surface area contributed by atoms with Crippen LogP contribution in [0.1, 0.15) is 40.0 Å². The zero-order valence-corrected chi connectivity index (χ0v) is 20.8. The highest BCUT2D eigenvalue weighted by Crippen LogP contribution is 2.31. The van der Waals surface area contributed by atoms with Gasteiger partial charge in [0.25, 0.3) is 0 Å². The number of likely N-dealkylation sites (tertiary alicyclic amines) is 1. The number of piperidine rings is 1. The summed E-state index contributed by atoms with van der Waals surface area (Å²) in [5, 5.41) is 8.45. The molecule has 9 nitrogen and oxygen atoms in total. The SMILES string of the molecule is COCn1cc(-c2cc3ncccc3c(NCC[C@]3(F)CCCN(C(=O)OC(C)(C)C)C3)n2)cn1. The number of ether oxygens (including phenoxy) is 2. The average Bonchev–Trinajstić information content (AvgIpc) is 3.27. The molecule has 4 rings (SSSR count). The van der Waals surface area contributed by atoms with Crippen molar-refractivity contribution in [3.05, 3.63) is 36.8 Å². The number of rotatable bonds is 7. The molecule has 0 spiro atoms. The van der Waals surface area contributed by atoms with Gasteiger partial charge in [-0.2, -0.15) is 5.10 Å². The molecule has 3 aromatic rings. The molecule has 0 aliphatic carbocycles. The van der Waals surface area contributed by atoms with Crippen LogP contribution >= 0.6 is 0 Å². The van der Waals surface area contributed by atoms with Gasteiger partial charge >= 0.3 is 6.09 Å². The Balaban J connectivity index is 1.47. The third-order valence-electron chi connectivity index (χ3n) is 5.83. The van der Waals surface area contributed by atoms with E-state index in [2.05, 4.69) is 15.4 Å². The van der Waals surface area contributed by atoms with Crippen LogP contribution in [0.15, 0.2) is 36.8 Å². The van der Waals surface area contributed by atoms with Crippen LogP contribution in [0.5, 0.6) is 0 Å². The number of amides is 1. The van der Waals surface area contributed by atoms with E-state index >= 15 is 4.39 Å². The quantitative estimate of drug-likeness (QED) is 0.522. The van der Waals surface area contributed by atoms with Crippen molar-refractivity contribution in [1.29, 1.82) is 0 Å². The smallest absolute Gasteiger partial charge is 0.410 e. The summed E-state index contributed by atoms with van der Waals surface area (Å²) in [7, 11) is 1.61. The molecule has 1 saturated heterocycles. The highest BCUT2D eigenvalue weighted by Gasteiger charge is 2.38. The van der Waals surface area contributed by atoms with Crippen molar-refractivity contribution in [1.82, 2.24) is 24.6 Å². The summed E-state index contributed by atoms with van der Waals surface area (Å²) in [5.74, 6) is 0.633. The topological polar surface area (TPSA) is 94.4 Å². The molecule has 35 heavy (non-hydrogen) atoms. The molecule has 0 radical (unpaired) electrons. The molecule has 0 unspecified atom stereocenters. The third kappa shape index (κ3) is 6.25. The molecule has 0 aromatic carbocycles. The molecule has 10 heteroatoms. The number of pyridine rings is 2. The molecule has 1 aliphatic rings. The number of halogens is 1. The van der Waals surface area contributed by atoms with Crippen LogP contribution in [0, 0.1) is 0 Å². The molecule has 1 amide bonds. The molecule has 0 bridgehead atoms. The van der Waals surface area contributed by atoms with Gasteiger partial charge in [-0.1, -0.05) is 0 Å².